The van der Waals surface area contributed by atoms with Gasteiger partial charge in [0.25, 0.3) is 0 Å². The predicted molar refractivity (Wildman–Crippen MR) is 113 cm³/mol. The number of unbranched alkanes of at least 4 members (excludes halogenated alkanes) is 12. The molecule has 162 valence electrons. The summed E-state index contributed by atoms with van der Waals surface area (Å²) in [5, 5.41) is 14.0. The lowest BCUT2D eigenvalue weighted by Gasteiger charge is -2.04. The zero-order valence-electron chi connectivity index (χ0n) is 18.1. The van der Waals surface area contributed by atoms with Crippen LogP contribution in [0, 0.1) is 0 Å². The molecular weight excluding hydrogens is 352 g/mol. The molecule has 0 unspecified atom stereocenters. The summed E-state index contributed by atoms with van der Waals surface area (Å²) in [4.78, 5) is 11.7. The van der Waals surface area contributed by atoms with Crippen molar-refractivity contribution >= 4 is 5.78 Å². The van der Waals surface area contributed by atoms with Gasteiger partial charge in [-0.05, 0) is 26.2 Å². The topological polar surface area (TPSA) is 80.8 Å². The second-order valence-electron chi connectivity index (χ2n) is 7.76. The molecule has 0 atom stereocenters. The van der Waals surface area contributed by atoms with E-state index >= 15 is 0 Å². The number of rotatable bonds is 21. The van der Waals surface area contributed by atoms with Gasteiger partial charge in [-0.25, -0.2) is 0 Å². The summed E-state index contributed by atoms with van der Waals surface area (Å²) in [6.07, 6.45) is 20.1. The summed E-state index contributed by atoms with van der Waals surface area (Å²) in [5.74, 6) is 1.25. The quantitative estimate of drug-likeness (QED) is 0.275. The molecule has 1 rings (SSSR count). The molecule has 0 aromatic carbocycles. The molecule has 0 radical (unpaired) electrons. The van der Waals surface area contributed by atoms with Gasteiger partial charge in [0.15, 0.2) is 5.82 Å². The van der Waals surface area contributed by atoms with Crippen LogP contribution < -0.4 is 0 Å². The lowest BCUT2D eigenvalue weighted by Crippen LogP contribution is -2.01. The minimum Gasteiger partial charge on any atom is -0.382 e. The van der Waals surface area contributed by atoms with Gasteiger partial charge in [-0.2, -0.15) is 5.21 Å². The van der Waals surface area contributed by atoms with E-state index in [4.69, 9.17) is 4.74 Å². The van der Waals surface area contributed by atoms with Crippen LogP contribution in [0.2, 0.25) is 0 Å². The second-order valence-corrected chi connectivity index (χ2v) is 7.76. The van der Waals surface area contributed by atoms with E-state index in [0.717, 1.165) is 44.7 Å². The smallest absolute Gasteiger partial charge is 0.174 e. The molecule has 0 aliphatic rings. The van der Waals surface area contributed by atoms with Crippen LogP contribution in [0.4, 0.5) is 0 Å². The van der Waals surface area contributed by atoms with Gasteiger partial charge in [-0.15, -0.1) is 10.2 Å². The minimum absolute atomic E-state index is 0.412. The molecular formula is C22H42N4O2. The van der Waals surface area contributed by atoms with Gasteiger partial charge in [0.1, 0.15) is 5.78 Å². The molecule has 1 aromatic rings. The highest BCUT2D eigenvalue weighted by Crippen LogP contribution is 2.13. The fourth-order valence-electron chi connectivity index (χ4n) is 3.48. The average molecular weight is 395 g/mol. The number of hydrogen-bond acceptors (Lipinski definition) is 5. The van der Waals surface area contributed by atoms with Crippen LogP contribution in [0.3, 0.4) is 0 Å². The summed E-state index contributed by atoms with van der Waals surface area (Å²) in [6, 6.07) is 0. The van der Waals surface area contributed by atoms with E-state index in [9.17, 15) is 4.79 Å². The molecule has 1 N–H and O–H groups in total. The Labute approximate surface area is 171 Å². The molecule has 28 heavy (non-hydrogen) atoms. The number of ether oxygens (including phenoxy) is 1. The first kappa shape index (κ1) is 24.7. The monoisotopic (exact) mass is 394 g/mol. The van der Waals surface area contributed by atoms with Crippen molar-refractivity contribution in [3.8, 4) is 0 Å². The first-order chi connectivity index (χ1) is 13.8. The van der Waals surface area contributed by atoms with Crippen molar-refractivity contribution in [2.24, 2.45) is 0 Å². The molecule has 0 fully saturated rings. The van der Waals surface area contributed by atoms with E-state index < -0.39 is 0 Å². The molecule has 0 aliphatic carbocycles. The lowest BCUT2D eigenvalue weighted by atomic mass is 10.0. The average Bonchev–Trinajstić information content (AvgIpc) is 3.22. The standard InChI is InChI=1S/C22H42N4O2/c1-2-28-20-16-18-21(27)17-14-12-10-8-6-4-3-5-7-9-11-13-15-19-22-23-25-26-24-22/h2-20H2,1H3,(H,23,24,25,26). The fraction of sp³-hybridized carbons (Fsp3) is 0.909. The molecule has 6 nitrogen and oxygen atoms in total. The van der Waals surface area contributed by atoms with Crippen LogP contribution in [0.1, 0.15) is 115 Å². The van der Waals surface area contributed by atoms with Crippen molar-refractivity contribution in [3.05, 3.63) is 5.82 Å². The second kappa shape index (κ2) is 19.0. The number of Topliss-reactive ketones (excluding diaryl/α,β-unsaturated/α-hetero) is 1. The minimum atomic E-state index is 0.412. The van der Waals surface area contributed by atoms with E-state index in [1.807, 2.05) is 6.92 Å². The number of H-pyrrole nitrogens is 1. The predicted octanol–water partition coefficient (Wildman–Crippen LogP) is 5.59. The van der Waals surface area contributed by atoms with Crippen LogP contribution in [0.25, 0.3) is 0 Å². The number of hydrogen-bond donors (Lipinski definition) is 1. The number of nitrogens with one attached hydrogen (secondary N) is 1. The van der Waals surface area contributed by atoms with Crippen molar-refractivity contribution in [3.63, 3.8) is 0 Å². The number of nitrogens with zero attached hydrogens (tertiary/aromatic N) is 3. The van der Waals surface area contributed by atoms with Crippen LogP contribution in [0.5, 0.6) is 0 Å². The molecule has 6 heteroatoms. The highest BCUT2D eigenvalue weighted by atomic mass is 16.5. The number of ketones is 1. The van der Waals surface area contributed by atoms with Crippen LogP contribution in [0.15, 0.2) is 0 Å². The van der Waals surface area contributed by atoms with Gasteiger partial charge in [0.05, 0.1) is 0 Å². The van der Waals surface area contributed by atoms with E-state index in [0.29, 0.717) is 12.2 Å². The van der Waals surface area contributed by atoms with Crippen LogP contribution in [-0.2, 0) is 16.0 Å². The summed E-state index contributed by atoms with van der Waals surface area (Å²) in [7, 11) is 0. The number of aromatic nitrogens is 4. The molecule has 0 spiro atoms. The van der Waals surface area contributed by atoms with Crippen molar-refractivity contribution in [1.82, 2.24) is 20.6 Å². The Kier molecular flexibility index (Phi) is 16.8. The number of tetrazole rings is 1. The number of aromatic amines is 1. The van der Waals surface area contributed by atoms with E-state index in [2.05, 4.69) is 20.6 Å². The third kappa shape index (κ3) is 15.7. The zero-order valence-corrected chi connectivity index (χ0v) is 18.1. The van der Waals surface area contributed by atoms with Crippen molar-refractivity contribution < 1.29 is 9.53 Å². The number of carbonyl (C=O) groups excluding carboxylic acids is 1. The molecule has 0 saturated carbocycles. The molecule has 0 saturated heterocycles. The molecule has 0 amide bonds. The SMILES string of the molecule is CCOCCCC(=O)CCCCCCCCCCCCCCCc1nn[nH]n1. The van der Waals surface area contributed by atoms with Crippen molar-refractivity contribution in [1.29, 1.82) is 0 Å². The molecule has 0 bridgehead atoms. The van der Waals surface area contributed by atoms with Crippen molar-refractivity contribution in [2.75, 3.05) is 13.2 Å². The van der Waals surface area contributed by atoms with Gasteiger partial charge >= 0.3 is 0 Å². The normalized spacial score (nSPS) is 11.2. The first-order valence-electron chi connectivity index (χ1n) is 11.6. The highest BCUT2D eigenvalue weighted by Gasteiger charge is 2.02. The number of carbonyl (C=O) groups is 1. The Morgan fingerprint density at radius 3 is 1.86 bits per heavy atom. The summed E-state index contributed by atoms with van der Waals surface area (Å²) in [5.41, 5.74) is 0. The maximum atomic E-state index is 11.7. The van der Waals surface area contributed by atoms with Gasteiger partial charge in [0.2, 0.25) is 0 Å². The summed E-state index contributed by atoms with van der Waals surface area (Å²) in [6.45, 7) is 3.46. The Hall–Kier alpha value is -1.30. The Morgan fingerprint density at radius 2 is 1.32 bits per heavy atom. The fourth-order valence-corrected chi connectivity index (χ4v) is 3.48. The van der Waals surface area contributed by atoms with Gasteiger partial charge in [-0.1, -0.05) is 75.8 Å². The van der Waals surface area contributed by atoms with Gasteiger partial charge in [0, 0.05) is 32.5 Å². The Balaban J connectivity index is 1.70. The third-order valence-electron chi connectivity index (χ3n) is 5.19. The molecule has 1 heterocycles. The Morgan fingerprint density at radius 1 is 0.786 bits per heavy atom. The Bertz CT molecular complexity index is 451. The lowest BCUT2D eigenvalue weighted by molar-refractivity contribution is -0.119. The van der Waals surface area contributed by atoms with E-state index in [1.54, 1.807) is 0 Å². The van der Waals surface area contributed by atoms with Crippen LogP contribution in [-0.4, -0.2) is 39.6 Å². The summed E-state index contributed by atoms with van der Waals surface area (Å²) < 4.78 is 5.26. The van der Waals surface area contributed by atoms with Crippen LogP contribution >= 0.6 is 0 Å². The summed E-state index contributed by atoms with van der Waals surface area (Å²) >= 11 is 0. The van der Waals surface area contributed by atoms with E-state index in [-0.39, 0.29) is 0 Å². The zero-order chi connectivity index (χ0) is 20.1. The first-order valence-corrected chi connectivity index (χ1v) is 11.6. The van der Waals surface area contributed by atoms with Crippen molar-refractivity contribution in [2.45, 2.75) is 116 Å². The highest BCUT2D eigenvalue weighted by molar-refractivity contribution is 5.78. The number of aryl methyl sites for hydroxylation is 1. The maximum absolute atomic E-state index is 11.7. The maximum Gasteiger partial charge on any atom is 0.174 e. The van der Waals surface area contributed by atoms with Gasteiger partial charge < -0.3 is 4.74 Å². The molecule has 1 aromatic heterocycles. The molecule has 0 aliphatic heterocycles. The largest absolute Gasteiger partial charge is 0.382 e. The van der Waals surface area contributed by atoms with E-state index in [1.165, 1.54) is 77.0 Å². The van der Waals surface area contributed by atoms with Gasteiger partial charge in [-0.3, -0.25) is 4.79 Å². The third-order valence-corrected chi connectivity index (χ3v) is 5.19.